The van der Waals surface area contributed by atoms with Gasteiger partial charge in [0.2, 0.25) is 17.7 Å². The van der Waals surface area contributed by atoms with Crippen molar-refractivity contribution in [1.29, 1.82) is 0 Å². The highest BCUT2D eigenvalue weighted by Gasteiger charge is 2.29. The second-order valence-electron chi connectivity index (χ2n) is 6.71. The quantitative estimate of drug-likeness (QED) is 0.100. The number of hydrogen-bond donors (Lipinski definition) is 8. The summed E-state index contributed by atoms with van der Waals surface area (Å²) in [5.41, 5.74) is 11.0. The molecule has 12 nitrogen and oxygen atoms in total. The van der Waals surface area contributed by atoms with E-state index < -0.39 is 60.2 Å². The minimum absolute atomic E-state index is 0.202. The van der Waals surface area contributed by atoms with E-state index in [1.807, 2.05) is 0 Å². The summed E-state index contributed by atoms with van der Waals surface area (Å²) in [6.07, 6.45) is 0.621. The van der Waals surface area contributed by atoms with Crippen molar-refractivity contribution in [3.63, 3.8) is 0 Å². The predicted molar refractivity (Wildman–Crippen MR) is 111 cm³/mol. The summed E-state index contributed by atoms with van der Waals surface area (Å²) in [5.74, 6) is -4.89. The fourth-order valence-corrected chi connectivity index (χ4v) is 2.58. The third kappa shape index (κ3) is 11.0. The van der Waals surface area contributed by atoms with Crippen molar-refractivity contribution >= 4 is 42.3 Å². The number of aliphatic carboxylic acids is 2. The van der Waals surface area contributed by atoms with E-state index in [4.69, 9.17) is 21.7 Å². The van der Waals surface area contributed by atoms with Gasteiger partial charge in [0.25, 0.3) is 0 Å². The van der Waals surface area contributed by atoms with Crippen molar-refractivity contribution in [2.45, 2.75) is 63.2 Å². The second-order valence-corrected chi connectivity index (χ2v) is 7.08. The molecule has 3 amide bonds. The number of carbonyl (C=O) groups excluding carboxylic acids is 3. The number of hydrogen-bond acceptors (Lipinski definition) is 8. The Kier molecular flexibility index (Phi) is 13.4. The van der Waals surface area contributed by atoms with Crippen LogP contribution in [0.4, 0.5) is 0 Å². The van der Waals surface area contributed by atoms with E-state index in [9.17, 15) is 24.0 Å². The number of amides is 3. The number of thiol groups is 1. The second kappa shape index (κ2) is 14.6. The summed E-state index contributed by atoms with van der Waals surface area (Å²) in [7, 11) is 0. The molecule has 0 spiro atoms. The zero-order chi connectivity index (χ0) is 23.3. The highest BCUT2D eigenvalue weighted by Crippen LogP contribution is 2.05. The van der Waals surface area contributed by atoms with Crippen LogP contribution in [0.2, 0.25) is 0 Å². The van der Waals surface area contributed by atoms with Crippen molar-refractivity contribution in [2.75, 3.05) is 12.3 Å². The number of carbonyl (C=O) groups is 5. The van der Waals surface area contributed by atoms with Crippen LogP contribution in [0, 0.1) is 0 Å². The van der Waals surface area contributed by atoms with Crippen molar-refractivity contribution in [1.82, 2.24) is 16.0 Å². The Labute approximate surface area is 179 Å². The Balaban J connectivity index is 5.36. The van der Waals surface area contributed by atoms with Gasteiger partial charge in [-0.25, -0.2) is 4.79 Å². The van der Waals surface area contributed by atoms with Gasteiger partial charge in [-0.3, -0.25) is 19.2 Å². The van der Waals surface area contributed by atoms with E-state index in [1.54, 1.807) is 0 Å². The Morgan fingerprint density at radius 1 is 0.867 bits per heavy atom. The first-order valence-electron chi connectivity index (χ1n) is 9.45. The summed E-state index contributed by atoms with van der Waals surface area (Å²) >= 11 is 3.84. The number of unbranched alkanes of at least 4 members (excludes halogenated alkanes) is 1. The first-order chi connectivity index (χ1) is 14.0. The lowest BCUT2D eigenvalue weighted by atomic mass is 10.1. The van der Waals surface area contributed by atoms with Crippen molar-refractivity contribution in [2.24, 2.45) is 11.5 Å². The molecule has 0 heterocycles. The van der Waals surface area contributed by atoms with Crippen LogP contribution in [0.25, 0.3) is 0 Å². The highest BCUT2D eigenvalue weighted by molar-refractivity contribution is 7.80. The van der Waals surface area contributed by atoms with Gasteiger partial charge in [-0.2, -0.15) is 12.6 Å². The fraction of sp³-hybridized carbons (Fsp3) is 0.706. The molecule has 0 bridgehead atoms. The molecular weight excluding hydrogens is 418 g/mol. The third-order valence-corrected chi connectivity index (χ3v) is 4.44. The lowest BCUT2D eigenvalue weighted by Crippen LogP contribution is -2.57. The zero-order valence-corrected chi connectivity index (χ0v) is 17.7. The Morgan fingerprint density at radius 3 is 1.80 bits per heavy atom. The number of carboxylic acids is 2. The molecule has 0 aromatic carbocycles. The largest absolute Gasteiger partial charge is 0.481 e. The monoisotopic (exact) mass is 449 g/mol. The summed E-state index contributed by atoms with van der Waals surface area (Å²) in [6, 6.07) is -4.52. The van der Waals surface area contributed by atoms with Crippen LogP contribution >= 0.6 is 12.6 Å². The first-order valence-corrected chi connectivity index (χ1v) is 10.1. The van der Waals surface area contributed by atoms with Gasteiger partial charge in [0, 0.05) is 12.2 Å². The van der Waals surface area contributed by atoms with Crippen molar-refractivity contribution in [3.05, 3.63) is 0 Å². The molecule has 0 rings (SSSR count). The lowest BCUT2D eigenvalue weighted by Gasteiger charge is -2.24. The van der Waals surface area contributed by atoms with Crippen LogP contribution in [0.1, 0.15) is 39.0 Å². The van der Waals surface area contributed by atoms with Crippen molar-refractivity contribution in [3.8, 4) is 0 Å². The number of rotatable bonds is 15. The Bertz CT molecular complexity index is 617. The molecule has 0 aliphatic rings. The average molecular weight is 450 g/mol. The minimum Gasteiger partial charge on any atom is -0.481 e. The molecule has 30 heavy (non-hydrogen) atoms. The smallest absolute Gasteiger partial charge is 0.327 e. The van der Waals surface area contributed by atoms with Gasteiger partial charge < -0.3 is 37.6 Å². The maximum atomic E-state index is 12.7. The molecular formula is C17H31N5O7S. The van der Waals surface area contributed by atoms with Crippen LogP contribution in [-0.4, -0.2) is 76.3 Å². The topological polar surface area (TPSA) is 214 Å². The average Bonchev–Trinajstić information content (AvgIpc) is 2.67. The number of nitrogens with two attached hydrogens (primary N) is 2. The van der Waals surface area contributed by atoms with Crippen LogP contribution < -0.4 is 27.4 Å². The number of nitrogens with one attached hydrogen (secondary N) is 3. The molecule has 0 aromatic heterocycles. The maximum absolute atomic E-state index is 12.7. The molecule has 13 heteroatoms. The van der Waals surface area contributed by atoms with Crippen LogP contribution in [-0.2, 0) is 24.0 Å². The van der Waals surface area contributed by atoms with E-state index in [0.717, 1.165) is 0 Å². The van der Waals surface area contributed by atoms with E-state index in [0.29, 0.717) is 19.4 Å². The first kappa shape index (κ1) is 27.6. The summed E-state index contributed by atoms with van der Waals surface area (Å²) < 4.78 is 0. The van der Waals surface area contributed by atoms with Gasteiger partial charge >= 0.3 is 11.9 Å². The van der Waals surface area contributed by atoms with Gasteiger partial charge in [0.15, 0.2) is 0 Å². The van der Waals surface area contributed by atoms with Gasteiger partial charge in [-0.05, 0) is 39.2 Å². The highest BCUT2D eigenvalue weighted by atomic mass is 32.1. The Morgan fingerprint density at radius 2 is 1.37 bits per heavy atom. The Hall–Kier alpha value is -2.38. The molecule has 0 radical (unpaired) electrons. The molecule has 172 valence electrons. The normalized spacial score (nSPS) is 14.7. The maximum Gasteiger partial charge on any atom is 0.327 e. The molecule has 0 aliphatic heterocycles. The van der Waals surface area contributed by atoms with E-state index in [-0.39, 0.29) is 18.6 Å². The zero-order valence-electron chi connectivity index (χ0n) is 16.8. The van der Waals surface area contributed by atoms with Crippen LogP contribution in [0.5, 0.6) is 0 Å². The van der Waals surface area contributed by atoms with E-state index in [2.05, 4.69) is 28.6 Å². The third-order valence-electron chi connectivity index (χ3n) is 4.07. The molecule has 0 saturated heterocycles. The summed E-state index contributed by atoms with van der Waals surface area (Å²) in [6.45, 7) is 1.83. The van der Waals surface area contributed by atoms with Crippen molar-refractivity contribution < 1.29 is 34.2 Å². The molecule has 0 fully saturated rings. The van der Waals surface area contributed by atoms with Crippen LogP contribution in [0.15, 0.2) is 0 Å². The van der Waals surface area contributed by atoms with Crippen LogP contribution in [0.3, 0.4) is 0 Å². The standard InChI is InChI=1S/C17H31N5O7S/c1-9(19)14(25)20-10(4-2-3-7-18)15(26)21-11(5-6-13(23)24)16(27)22-12(8-30)17(28)29/h9-12,30H,2-8,18-19H2,1H3,(H,20,25)(H,21,26)(H,22,27)(H,23,24)(H,28,29). The summed E-state index contributed by atoms with van der Waals surface area (Å²) in [5, 5.41) is 25.0. The SMILES string of the molecule is CC(N)C(=O)NC(CCCCN)C(=O)NC(CCC(=O)O)C(=O)NC(CS)C(=O)O. The molecule has 4 unspecified atom stereocenters. The molecule has 0 aromatic rings. The van der Waals surface area contributed by atoms with Gasteiger partial charge in [0.05, 0.1) is 6.04 Å². The van der Waals surface area contributed by atoms with Gasteiger partial charge in [-0.1, -0.05) is 0 Å². The molecule has 9 N–H and O–H groups in total. The number of carboxylic acid groups (broad SMARTS) is 2. The lowest BCUT2D eigenvalue weighted by molar-refractivity contribution is -0.142. The predicted octanol–water partition coefficient (Wildman–Crippen LogP) is -2.20. The summed E-state index contributed by atoms with van der Waals surface area (Å²) in [4.78, 5) is 59.0. The molecule has 0 aliphatic carbocycles. The van der Waals surface area contributed by atoms with Gasteiger partial charge in [-0.15, -0.1) is 0 Å². The van der Waals surface area contributed by atoms with Gasteiger partial charge in [0.1, 0.15) is 18.1 Å². The molecule has 4 atom stereocenters. The minimum atomic E-state index is -1.33. The van der Waals surface area contributed by atoms with E-state index >= 15 is 0 Å². The fourth-order valence-electron chi connectivity index (χ4n) is 2.33. The molecule has 0 saturated carbocycles. The van der Waals surface area contributed by atoms with E-state index in [1.165, 1.54) is 6.92 Å².